The summed E-state index contributed by atoms with van der Waals surface area (Å²) in [6.45, 7) is 8.28. The minimum atomic E-state index is 0.457. The van der Waals surface area contributed by atoms with E-state index in [4.69, 9.17) is 5.73 Å². The summed E-state index contributed by atoms with van der Waals surface area (Å²) in [5, 5.41) is 3.41. The van der Waals surface area contributed by atoms with Crippen molar-refractivity contribution < 1.29 is 0 Å². The van der Waals surface area contributed by atoms with Gasteiger partial charge in [0.1, 0.15) is 12.2 Å². The molecule has 2 aromatic rings. The molecule has 0 aliphatic heterocycles. The predicted octanol–water partition coefficient (Wildman–Crippen LogP) is 1.36. The van der Waals surface area contributed by atoms with Crippen molar-refractivity contribution in [2.24, 2.45) is 0 Å². The van der Waals surface area contributed by atoms with Gasteiger partial charge < -0.3 is 15.6 Å². The maximum Gasteiger partial charge on any atom is 0.165 e. The van der Waals surface area contributed by atoms with Crippen LogP contribution in [0.15, 0.2) is 6.33 Å². The molecule has 0 bridgehead atoms. The number of nitrogens with one attached hydrogen (secondary N) is 1. The fourth-order valence-electron chi connectivity index (χ4n) is 2.13. The van der Waals surface area contributed by atoms with Crippen LogP contribution in [0.1, 0.15) is 33.0 Å². The largest absolute Gasteiger partial charge is 0.382 e. The molecule has 6 nitrogen and oxygen atoms in total. The zero-order valence-electron chi connectivity index (χ0n) is 11.8. The predicted molar refractivity (Wildman–Crippen MR) is 76.9 cm³/mol. The number of anilines is 1. The van der Waals surface area contributed by atoms with Gasteiger partial charge in [-0.1, -0.05) is 20.8 Å². The number of nitrogen functional groups attached to an aromatic ring is 1. The van der Waals surface area contributed by atoms with E-state index in [1.807, 2.05) is 0 Å². The summed E-state index contributed by atoms with van der Waals surface area (Å²) in [5.74, 6) is 1.48. The highest BCUT2D eigenvalue weighted by Crippen LogP contribution is 2.18. The van der Waals surface area contributed by atoms with Gasteiger partial charge in [0.2, 0.25) is 0 Å². The van der Waals surface area contributed by atoms with Gasteiger partial charge in [0, 0.05) is 19.0 Å². The van der Waals surface area contributed by atoms with Crippen LogP contribution >= 0.6 is 0 Å². The number of aryl methyl sites for hydroxylation is 2. The first-order chi connectivity index (χ1) is 9.13. The summed E-state index contributed by atoms with van der Waals surface area (Å²) in [5.41, 5.74) is 7.41. The Balaban J connectivity index is 2.18. The molecule has 0 spiro atoms. The number of nitrogens with two attached hydrogens (primary N) is 1. The van der Waals surface area contributed by atoms with E-state index in [0.717, 1.165) is 42.9 Å². The van der Waals surface area contributed by atoms with Gasteiger partial charge in [-0.15, -0.1) is 0 Å². The van der Waals surface area contributed by atoms with E-state index in [-0.39, 0.29) is 0 Å². The molecule has 0 aliphatic carbocycles. The standard InChI is InChI=1S/C13H22N6/c1-4-10-18-11-12(14)16-8-17-13(11)19(10)7-5-6-15-9(2)3/h8-9,15H,4-7H2,1-3H3,(H2,14,16,17). The third kappa shape index (κ3) is 3.01. The van der Waals surface area contributed by atoms with E-state index in [1.165, 1.54) is 6.33 Å². The zero-order chi connectivity index (χ0) is 13.8. The highest BCUT2D eigenvalue weighted by atomic mass is 15.2. The zero-order valence-corrected chi connectivity index (χ0v) is 11.8. The number of rotatable bonds is 6. The lowest BCUT2D eigenvalue weighted by atomic mass is 10.3. The van der Waals surface area contributed by atoms with E-state index in [2.05, 4.69) is 45.6 Å². The second-order valence-corrected chi connectivity index (χ2v) is 4.93. The average molecular weight is 262 g/mol. The summed E-state index contributed by atoms with van der Waals surface area (Å²) in [6.07, 6.45) is 3.41. The molecule has 2 rings (SSSR count). The maximum absolute atomic E-state index is 5.85. The molecule has 0 fully saturated rings. The van der Waals surface area contributed by atoms with Gasteiger partial charge in [0.05, 0.1) is 0 Å². The number of nitrogens with zero attached hydrogens (tertiary/aromatic N) is 4. The summed E-state index contributed by atoms with van der Waals surface area (Å²) in [7, 11) is 0. The monoisotopic (exact) mass is 262 g/mol. The SMILES string of the molecule is CCc1nc2c(N)ncnc2n1CCCNC(C)C. The lowest BCUT2D eigenvalue weighted by molar-refractivity contribution is 0.532. The number of imidazole rings is 1. The van der Waals surface area contributed by atoms with Crippen LogP contribution in [0.5, 0.6) is 0 Å². The lowest BCUT2D eigenvalue weighted by Gasteiger charge is -2.10. The fraction of sp³-hybridized carbons (Fsp3) is 0.615. The third-order valence-electron chi connectivity index (χ3n) is 3.07. The van der Waals surface area contributed by atoms with Crippen LogP contribution in [0.3, 0.4) is 0 Å². The molecule has 19 heavy (non-hydrogen) atoms. The van der Waals surface area contributed by atoms with Gasteiger partial charge >= 0.3 is 0 Å². The van der Waals surface area contributed by atoms with Gasteiger partial charge in [-0.2, -0.15) is 0 Å². The van der Waals surface area contributed by atoms with Crippen LogP contribution in [-0.2, 0) is 13.0 Å². The van der Waals surface area contributed by atoms with Crippen LogP contribution in [0, 0.1) is 0 Å². The van der Waals surface area contributed by atoms with Crippen LogP contribution in [0.4, 0.5) is 5.82 Å². The molecule has 0 unspecified atom stereocenters. The molecule has 0 aliphatic rings. The van der Waals surface area contributed by atoms with Gasteiger partial charge in [0.25, 0.3) is 0 Å². The molecule has 0 saturated heterocycles. The van der Waals surface area contributed by atoms with Gasteiger partial charge in [-0.3, -0.25) is 0 Å². The van der Waals surface area contributed by atoms with Crippen molar-refractivity contribution in [2.45, 2.75) is 46.2 Å². The van der Waals surface area contributed by atoms with E-state index in [0.29, 0.717) is 11.9 Å². The molecular weight excluding hydrogens is 240 g/mol. The fourth-order valence-corrected chi connectivity index (χ4v) is 2.13. The summed E-state index contributed by atoms with van der Waals surface area (Å²) in [6, 6.07) is 0.517. The normalized spacial score (nSPS) is 11.6. The minimum Gasteiger partial charge on any atom is -0.382 e. The van der Waals surface area contributed by atoms with Crippen LogP contribution < -0.4 is 11.1 Å². The van der Waals surface area contributed by atoms with Crippen molar-refractivity contribution in [2.75, 3.05) is 12.3 Å². The highest BCUT2D eigenvalue weighted by Gasteiger charge is 2.12. The Morgan fingerprint density at radius 3 is 2.84 bits per heavy atom. The van der Waals surface area contributed by atoms with Crippen molar-refractivity contribution in [1.29, 1.82) is 0 Å². The number of hydrogen-bond donors (Lipinski definition) is 2. The Kier molecular flexibility index (Phi) is 4.31. The van der Waals surface area contributed by atoms with Crippen molar-refractivity contribution in [3.63, 3.8) is 0 Å². The Morgan fingerprint density at radius 1 is 1.37 bits per heavy atom. The summed E-state index contributed by atoms with van der Waals surface area (Å²) >= 11 is 0. The molecule has 3 N–H and O–H groups in total. The lowest BCUT2D eigenvalue weighted by Crippen LogP contribution is -2.24. The molecule has 104 valence electrons. The molecule has 0 amide bonds. The molecule has 0 atom stereocenters. The Bertz CT molecular complexity index is 545. The topological polar surface area (TPSA) is 81.7 Å². The number of fused-ring (bicyclic) bond motifs is 1. The van der Waals surface area contributed by atoms with E-state index in [9.17, 15) is 0 Å². The number of aromatic nitrogens is 4. The summed E-state index contributed by atoms with van der Waals surface area (Å²) < 4.78 is 2.15. The van der Waals surface area contributed by atoms with Crippen molar-refractivity contribution in [3.8, 4) is 0 Å². The molecular formula is C13H22N6. The van der Waals surface area contributed by atoms with E-state index < -0.39 is 0 Å². The van der Waals surface area contributed by atoms with Crippen LogP contribution in [-0.4, -0.2) is 32.1 Å². The molecule has 0 aromatic carbocycles. The van der Waals surface area contributed by atoms with Gasteiger partial charge in [-0.25, -0.2) is 15.0 Å². The van der Waals surface area contributed by atoms with Crippen molar-refractivity contribution in [3.05, 3.63) is 12.2 Å². The first-order valence-electron chi connectivity index (χ1n) is 6.82. The van der Waals surface area contributed by atoms with Crippen LogP contribution in [0.2, 0.25) is 0 Å². The first-order valence-corrected chi connectivity index (χ1v) is 6.82. The van der Waals surface area contributed by atoms with Crippen molar-refractivity contribution in [1.82, 2.24) is 24.8 Å². The Morgan fingerprint density at radius 2 is 2.16 bits per heavy atom. The Labute approximate surface area is 113 Å². The highest BCUT2D eigenvalue weighted by molar-refractivity contribution is 5.81. The minimum absolute atomic E-state index is 0.457. The second kappa shape index (κ2) is 5.97. The average Bonchev–Trinajstić information content (AvgIpc) is 2.74. The van der Waals surface area contributed by atoms with E-state index >= 15 is 0 Å². The second-order valence-electron chi connectivity index (χ2n) is 4.93. The maximum atomic E-state index is 5.85. The van der Waals surface area contributed by atoms with E-state index in [1.54, 1.807) is 0 Å². The van der Waals surface area contributed by atoms with Gasteiger partial charge in [-0.05, 0) is 13.0 Å². The van der Waals surface area contributed by atoms with Gasteiger partial charge in [0.15, 0.2) is 17.0 Å². The molecule has 0 saturated carbocycles. The smallest absolute Gasteiger partial charge is 0.165 e. The van der Waals surface area contributed by atoms with Crippen molar-refractivity contribution >= 4 is 17.0 Å². The molecule has 0 radical (unpaired) electrons. The molecule has 2 aromatic heterocycles. The molecule has 6 heteroatoms. The quantitative estimate of drug-likeness (QED) is 0.768. The first kappa shape index (κ1) is 13.7. The number of hydrogen-bond acceptors (Lipinski definition) is 5. The third-order valence-corrected chi connectivity index (χ3v) is 3.07. The Hall–Kier alpha value is -1.69. The summed E-state index contributed by atoms with van der Waals surface area (Å²) in [4.78, 5) is 12.8. The molecule has 2 heterocycles. The van der Waals surface area contributed by atoms with Crippen LogP contribution in [0.25, 0.3) is 11.2 Å².